The molecule has 0 saturated heterocycles. The minimum absolute atomic E-state index is 0.603. The molecule has 0 spiro atoms. The Hall–Kier alpha value is -0.530. The predicted molar refractivity (Wildman–Crippen MR) is 62.6 cm³/mol. The molecule has 0 aliphatic rings. The molecule has 0 bridgehead atoms. The van der Waals surface area contributed by atoms with E-state index >= 15 is 0 Å². The van der Waals surface area contributed by atoms with Gasteiger partial charge in [-0.05, 0) is 24.2 Å². The first-order valence-electron chi connectivity index (χ1n) is 5.16. The van der Waals surface area contributed by atoms with Crippen molar-refractivity contribution in [1.82, 2.24) is 4.90 Å². The molecule has 0 aromatic heterocycles. The summed E-state index contributed by atoms with van der Waals surface area (Å²) in [6.07, 6.45) is 0. The lowest BCUT2D eigenvalue weighted by Crippen LogP contribution is -2.21. The monoisotopic (exact) mass is 211 g/mol. The van der Waals surface area contributed by atoms with Gasteiger partial charge in [0.25, 0.3) is 0 Å². The fourth-order valence-corrected chi connectivity index (χ4v) is 1.62. The molecule has 78 valence electrons. The number of hydrogen-bond acceptors (Lipinski definition) is 1. The summed E-state index contributed by atoms with van der Waals surface area (Å²) in [5.74, 6) is 0.603. The lowest BCUT2D eigenvalue weighted by molar-refractivity contribution is 0.296. The van der Waals surface area contributed by atoms with Crippen molar-refractivity contribution >= 4 is 11.6 Å². The lowest BCUT2D eigenvalue weighted by atomic mass is 10.1. The zero-order valence-electron chi connectivity index (χ0n) is 8.96. The molecule has 0 amide bonds. The largest absolute Gasteiger partial charge is 0.300 e. The van der Waals surface area contributed by atoms with Crippen molar-refractivity contribution in [2.75, 3.05) is 13.1 Å². The van der Waals surface area contributed by atoms with E-state index in [1.54, 1.807) is 0 Å². The fourth-order valence-electron chi connectivity index (χ4n) is 1.44. The number of nitrogens with zero attached hydrogens (tertiary/aromatic N) is 1. The van der Waals surface area contributed by atoms with Crippen LogP contribution in [0.4, 0.5) is 0 Å². The molecule has 0 N–H and O–H groups in total. The Labute approximate surface area is 91.7 Å². The van der Waals surface area contributed by atoms with E-state index in [4.69, 9.17) is 11.6 Å². The van der Waals surface area contributed by atoms with E-state index in [-0.39, 0.29) is 0 Å². The van der Waals surface area contributed by atoms with Gasteiger partial charge in [-0.2, -0.15) is 0 Å². The summed E-state index contributed by atoms with van der Waals surface area (Å²) in [4.78, 5) is 2.40. The SMILES string of the molecule is CCN(CC)Cc1ccc(CCl)cc1. The standard InChI is InChI=1S/C12H18ClN/c1-3-14(4-2)10-12-7-5-11(9-13)6-8-12/h5-8H,3-4,9-10H2,1-2H3. The van der Waals surface area contributed by atoms with E-state index in [1.165, 1.54) is 11.1 Å². The van der Waals surface area contributed by atoms with E-state index in [2.05, 4.69) is 43.0 Å². The first kappa shape index (κ1) is 11.5. The van der Waals surface area contributed by atoms with Crippen molar-refractivity contribution in [2.24, 2.45) is 0 Å². The van der Waals surface area contributed by atoms with Gasteiger partial charge >= 0.3 is 0 Å². The number of benzene rings is 1. The van der Waals surface area contributed by atoms with Crippen LogP contribution in [0.2, 0.25) is 0 Å². The second-order valence-corrected chi connectivity index (χ2v) is 3.68. The Balaban J connectivity index is 2.58. The number of alkyl halides is 1. The van der Waals surface area contributed by atoms with Crippen molar-refractivity contribution in [3.05, 3.63) is 35.4 Å². The minimum Gasteiger partial charge on any atom is -0.300 e. The van der Waals surface area contributed by atoms with E-state index in [9.17, 15) is 0 Å². The molecule has 14 heavy (non-hydrogen) atoms. The zero-order chi connectivity index (χ0) is 10.4. The molecule has 1 aromatic rings. The Morgan fingerprint density at radius 3 is 1.93 bits per heavy atom. The van der Waals surface area contributed by atoms with Gasteiger partial charge < -0.3 is 0 Å². The van der Waals surface area contributed by atoms with Crippen molar-refractivity contribution in [1.29, 1.82) is 0 Å². The molecule has 0 fully saturated rings. The van der Waals surface area contributed by atoms with Gasteiger partial charge in [0.1, 0.15) is 0 Å². The van der Waals surface area contributed by atoms with Crippen LogP contribution in [0.15, 0.2) is 24.3 Å². The van der Waals surface area contributed by atoms with Crippen molar-refractivity contribution in [3.63, 3.8) is 0 Å². The lowest BCUT2D eigenvalue weighted by Gasteiger charge is -2.17. The summed E-state index contributed by atoms with van der Waals surface area (Å²) in [6.45, 7) is 7.63. The van der Waals surface area contributed by atoms with E-state index in [1.807, 2.05) is 0 Å². The van der Waals surface area contributed by atoms with Crippen molar-refractivity contribution < 1.29 is 0 Å². The molecule has 0 unspecified atom stereocenters. The van der Waals surface area contributed by atoms with Crippen LogP contribution >= 0.6 is 11.6 Å². The number of rotatable bonds is 5. The quantitative estimate of drug-likeness (QED) is 0.676. The first-order chi connectivity index (χ1) is 6.80. The molecular weight excluding hydrogens is 194 g/mol. The molecule has 0 heterocycles. The molecule has 1 aromatic carbocycles. The molecule has 2 heteroatoms. The van der Waals surface area contributed by atoms with E-state index in [0.717, 1.165) is 19.6 Å². The number of halogens is 1. The van der Waals surface area contributed by atoms with Crippen LogP contribution in [0.5, 0.6) is 0 Å². The normalized spacial score (nSPS) is 10.9. The van der Waals surface area contributed by atoms with Crippen LogP contribution in [0.1, 0.15) is 25.0 Å². The molecular formula is C12H18ClN. The minimum atomic E-state index is 0.603. The van der Waals surface area contributed by atoms with Gasteiger partial charge in [0.15, 0.2) is 0 Å². The Morgan fingerprint density at radius 1 is 1.00 bits per heavy atom. The predicted octanol–water partition coefficient (Wildman–Crippen LogP) is 3.27. The van der Waals surface area contributed by atoms with Gasteiger partial charge in [-0.25, -0.2) is 0 Å². The molecule has 0 atom stereocenters. The van der Waals surface area contributed by atoms with Gasteiger partial charge in [-0.15, -0.1) is 11.6 Å². The third-order valence-electron chi connectivity index (χ3n) is 2.48. The highest BCUT2D eigenvalue weighted by molar-refractivity contribution is 6.17. The van der Waals surface area contributed by atoms with Crippen LogP contribution in [0.25, 0.3) is 0 Å². The van der Waals surface area contributed by atoms with Crippen LogP contribution < -0.4 is 0 Å². The van der Waals surface area contributed by atoms with E-state index in [0.29, 0.717) is 5.88 Å². The second kappa shape index (κ2) is 6.05. The fraction of sp³-hybridized carbons (Fsp3) is 0.500. The Kier molecular flexibility index (Phi) is 4.99. The van der Waals surface area contributed by atoms with E-state index < -0.39 is 0 Å². The molecule has 0 aliphatic heterocycles. The first-order valence-corrected chi connectivity index (χ1v) is 5.69. The van der Waals surface area contributed by atoms with Crippen LogP contribution in [0.3, 0.4) is 0 Å². The summed E-state index contributed by atoms with van der Waals surface area (Å²) in [5.41, 5.74) is 2.55. The zero-order valence-corrected chi connectivity index (χ0v) is 9.72. The van der Waals surface area contributed by atoms with Crippen molar-refractivity contribution in [3.8, 4) is 0 Å². The summed E-state index contributed by atoms with van der Waals surface area (Å²) in [5, 5.41) is 0. The highest BCUT2D eigenvalue weighted by Gasteiger charge is 2.00. The number of hydrogen-bond donors (Lipinski definition) is 0. The van der Waals surface area contributed by atoms with Crippen LogP contribution in [-0.4, -0.2) is 18.0 Å². The third-order valence-corrected chi connectivity index (χ3v) is 2.79. The average Bonchev–Trinajstić information content (AvgIpc) is 2.26. The Bertz CT molecular complexity index is 252. The van der Waals surface area contributed by atoms with Gasteiger partial charge in [0.05, 0.1) is 0 Å². The molecule has 0 aliphatic carbocycles. The van der Waals surface area contributed by atoms with Gasteiger partial charge in [-0.1, -0.05) is 38.1 Å². The molecule has 0 saturated carbocycles. The summed E-state index contributed by atoms with van der Waals surface area (Å²) in [6, 6.07) is 8.53. The third kappa shape index (κ3) is 3.32. The van der Waals surface area contributed by atoms with Gasteiger partial charge in [0, 0.05) is 12.4 Å². The second-order valence-electron chi connectivity index (χ2n) is 3.41. The summed E-state index contributed by atoms with van der Waals surface area (Å²) in [7, 11) is 0. The average molecular weight is 212 g/mol. The smallest absolute Gasteiger partial charge is 0.0474 e. The van der Waals surface area contributed by atoms with Gasteiger partial charge in [0.2, 0.25) is 0 Å². The maximum atomic E-state index is 5.73. The highest BCUT2D eigenvalue weighted by Crippen LogP contribution is 2.09. The Morgan fingerprint density at radius 2 is 1.50 bits per heavy atom. The molecule has 1 rings (SSSR count). The highest BCUT2D eigenvalue weighted by atomic mass is 35.5. The van der Waals surface area contributed by atoms with Crippen LogP contribution in [0, 0.1) is 0 Å². The van der Waals surface area contributed by atoms with Crippen molar-refractivity contribution in [2.45, 2.75) is 26.3 Å². The molecule has 0 radical (unpaired) electrons. The molecule has 1 nitrogen and oxygen atoms in total. The maximum absolute atomic E-state index is 5.73. The summed E-state index contributed by atoms with van der Waals surface area (Å²) < 4.78 is 0. The topological polar surface area (TPSA) is 3.24 Å². The van der Waals surface area contributed by atoms with Crippen LogP contribution in [-0.2, 0) is 12.4 Å². The maximum Gasteiger partial charge on any atom is 0.0474 e. The van der Waals surface area contributed by atoms with Gasteiger partial charge in [-0.3, -0.25) is 4.90 Å². The summed E-state index contributed by atoms with van der Waals surface area (Å²) >= 11 is 5.73.